The number of ether oxygens (including phenoxy) is 1. The predicted octanol–water partition coefficient (Wildman–Crippen LogP) is 3.76. The zero-order valence-electron chi connectivity index (χ0n) is 9.59. The number of nitrogens with zero attached hydrogens (tertiary/aromatic N) is 1. The second-order valence-electron chi connectivity index (χ2n) is 2.63. The van der Waals surface area contributed by atoms with Gasteiger partial charge in [-0.15, -0.1) is 0 Å². The Morgan fingerprint density at radius 2 is 2.06 bits per heavy atom. The van der Waals surface area contributed by atoms with Crippen LogP contribution in [0.15, 0.2) is 12.1 Å². The number of rotatable bonds is 4. The number of carbonyl (C=O) groups excluding carboxylic acids is 1. The van der Waals surface area contributed by atoms with Gasteiger partial charge in [-0.25, -0.2) is 9.37 Å². The summed E-state index contributed by atoms with van der Waals surface area (Å²) in [6.07, 6.45) is 0.0980. The first-order chi connectivity index (χ1) is 7.65. The number of aromatic nitrogens is 1. The molecule has 17 heavy (non-hydrogen) atoms. The van der Waals surface area contributed by atoms with Crippen molar-refractivity contribution < 1.29 is 13.9 Å². The topological polar surface area (TPSA) is 39.2 Å². The Bertz CT molecular complexity index is 345. The highest BCUT2D eigenvalue weighted by molar-refractivity contribution is 6.29. The summed E-state index contributed by atoms with van der Waals surface area (Å²) in [4.78, 5) is 14.9. The van der Waals surface area contributed by atoms with E-state index in [4.69, 9.17) is 16.3 Å². The molecule has 0 unspecified atom stereocenters. The third-order valence-electron chi connectivity index (χ3n) is 1.61. The molecule has 0 aliphatic heterocycles. The highest BCUT2D eigenvalue weighted by Crippen LogP contribution is 2.11. The van der Waals surface area contributed by atoms with Gasteiger partial charge in [0.05, 0.1) is 6.61 Å². The van der Waals surface area contributed by atoms with Crippen LogP contribution < -0.4 is 0 Å². The van der Waals surface area contributed by atoms with Crippen LogP contribution in [0.1, 0.15) is 38.2 Å². The molecule has 0 radical (unpaired) electrons. The number of ketones is 1. The normalized spacial score (nSPS) is 8.76. The van der Waals surface area contributed by atoms with E-state index in [1.807, 2.05) is 13.8 Å². The number of hydrogen-bond donors (Lipinski definition) is 0. The van der Waals surface area contributed by atoms with Crippen LogP contribution in [0.4, 0.5) is 4.39 Å². The number of Topliss-reactive ketones (excluding diaryl/α,β-unsaturated/α-hetero) is 1. The van der Waals surface area contributed by atoms with Crippen molar-refractivity contribution in [2.45, 2.75) is 27.7 Å². The molecule has 0 fully saturated rings. The second kappa shape index (κ2) is 10.2. The third kappa shape index (κ3) is 6.34. The Kier molecular flexibility index (Phi) is 11.0. The van der Waals surface area contributed by atoms with Crippen molar-refractivity contribution in [1.29, 1.82) is 0 Å². The van der Waals surface area contributed by atoms with E-state index in [9.17, 15) is 9.18 Å². The molecule has 0 N–H and O–H groups in total. The van der Waals surface area contributed by atoms with Gasteiger partial charge in [0.15, 0.2) is 11.6 Å². The van der Waals surface area contributed by atoms with Gasteiger partial charge in [-0.1, -0.05) is 32.9 Å². The van der Waals surface area contributed by atoms with Gasteiger partial charge in [0.2, 0.25) is 0 Å². The molecule has 0 aliphatic rings. The smallest absolute Gasteiger partial charge is 0.186 e. The van der Waals surface area contributed by atoms with Crippen molar-refractivity contribution in [2.24, 2.45) is 0 Å². The zero-order chi connectivity index (χ0) is 12.6. The molecule has 0 saturated heterocycles. The SMILES string of the molecule is C.CC.COCCC(=O)c1nc(Cl)ccc1F. The van der Waals surface area contributed by atoms with E-state index in [1.165, 1.54) is 13.2 Å². The average molecular weight is 264 g/mol. The van der Waals surface area contributed by atoms with Crippen LogP contribution in [0.2, 0.25) is 5.15 Å². The van der Waals surface area contributed by atoms with Gasteiger partial charge < -0.3 is 4.74 Å². The summed E-state index contributed by atoms with van der Waals surface area (Å²) in [7, 11) is 1.47. The van der Waals surface area contributed by atoms with E-state index >= 15 is 0 Å². The number of hydrogen-bond acceptors (Lipinski definition) is 3. The van der Waals surface area contributed by atoms with Gasteiger partial charge in [-0.3, -0.25) is 4.79 Å². The van der Waals surface area contributed by atoms with Crippen LogP contribution in [0, 0.1) is 5.82 Å². The lowest BCUT2D eigenvalue weighted by Crippen LogP contribution is -2.08. The Balaban J connectivity index is 0. The van der Waals surface area contributed by atoms with Gasteiger partial charge in [-0.2, -0.15) is 0 Å². The van der Waals surface area contributed by atoms with E-state index in [1.54, 1.807) is 0 Å². The Morgan fingerprint density at radius 1 is 1.47 bits per heavy atom. The van der Waals surface area contributed by atoms with E-state index in [0.717, 1.165) is 6.07 Å². The molecular weight excluding hydrogens is 245 g/mol. The van der Waals surface area contributed by atoms with Crippen LogP contribution in [-0.4, -0.2) is 24.5 Å². The lowest BCUT2D eigenvalue weighted by atomic mass is 10.2. The maximum Gasteiger partial charge on any atom is 0.186 e. The number of halogens is 2. The fraction of sp³-hybridized carbons (Fsp3) is 0.500. The summed E-state index contributed by atoms with van der Waals surface area (Å²) in [5.41, 5.74) is -0.227. The largest absolute Gasteiger partial charge is 0.384 e. The molecule has 1 aromatic heterocycles. The van der Waals surface area contributed by atoms with Gasteiger partial charge in [0.1, 0.15) is 10.8 Å². The predicted molar refractivity (Wildman–Crippen MR) is 68.1 cm³/mol. The van der Waals surface area contributed by atoms with Crippen LogP contribution in [0.3, 0.4) is 0 Å². The minimum Gasteiger partial charge on any atom is -0.384 e. The lowest BCUT2D eigenvalue weighted by molar-refractivity contribution is 0.0923. The monoisotopic (exact) mass is 263 g/mol. The quantitative estimate of drug-likeness (QED) is 0.613. The third-order valence-corrected chi connectivity index (χ3v) is 1.82. The molecule has 5 heteroatoms. The summed E-state index contributed by atoms with van der Waals surface area (Å²) in [5, 5.41) is 0.104. The van der Waals surface area contributed by atoms with Crippen LogP contribution in [0.25, 0.3) is 0 Å². The molecule has 1 rings (SSSR count). The minimum atomic E-state index is -0.657. The molecule has 3 nitrogen and oxygen atoms in total. The highest BCUT2D eigenvalue weighted by atomic mass is 35.5. The fourth-order valence-electron chi connectivity index (χ4n) is 0.927. The maximum absolute atomic E-state index is 13.1. The van der Waals surface area contributed by atoms with Crippen LogP contribution in [0.5, 0.6) is 0 Å². The van der Waals surface area contributed by atoms with Gasteiger partial charge in [-0.05, 0) is 12.1 Å². The second-order valence-corrected chi connectivity index (χ2v) is 3.02. The summed E-state index contributed by atoms with van der Waals surface area (Å²) in [6.45, 7) is 4.24. The molecule has 0 amide bonds. The van der Waals surface area contributed by atoms with Crippen molar-refractivity contribution in [1.82, 2.24) is 4.98 Å². The summed E-state index contributed by atoms with van der Waals surface area (Å²) < 4.78 is 17.8. The standard InChI is InChI=1S/C9H9ClFNO2.C2H6.CH4/c1-14-5-4-7(13)9-6(11)2-3-8(10)12-9;1-2;/h2-3H,4-5H2,1H3;1-2H3;1H4. The molecule has 0 atom stereocenters. The number of methoxy groups -OCH3 is 1. The molecule has 98 valence electrons. The molecule has 0 spiro atoms. The van der Waals surface area contributed by atoms with Crippen molar-refractivity contribution in [2.75, 3.05) is 13.7 Å². The minimum absolute atomic E-state index is 0. The lowest BCUT2D eigenvalue weighted by Gasteiger charge is -2.01. The summed E-state index contributed by atoms with van der Waals surface area (Å²) in [6, 6.07) is 2.42. The number of carbonyl (C=O) groups is 1. The molecule has 0 aromatic carbocycles. The number of pyridine rings is 1. The zero-order valence-corrected chi connectivity index (χ0v) is 10.3. The fourth-order valence-corrected chi connectivity index (χ4v) is 1.07. The van der Waals surface area contributed by atoms with Gasteiger partial charge >= 0.3 is 0 Å². The van der Waals surface area contributed by atoms with Crippen molar-refractivity contribution in [3.8, 4) is 0 Å². The average Bonchev–Trinajstić information content (AvgIpc) is 2.31. The van der Waals surface area contributed by atoms with Gasteiger partial charge in [0, 0.05) is 13.5 Å². The molecule has 0 saturated carbocycles. The van der Waals surface area contributed by atoms with E-state index in [2.05, 4.69) is 4.98 Å². The van der Waals surface area contributed by atoms with Crippen LogP contribution >= 0.6 is 11.6 Å². The Hall–Kier alpha value is -1.00. The first-order valence-electron chi connectivity index (χ1n) is 4.99. The highest BCUT2D eigenvalue weighted by Gasteiger charge is 2.13. The van der Waals surface area contributed by atoms with E-state index in [0.29, 0.717) is 0 Å². The maximum atomic E-state index is 13.1. The Morgan fingerprint density at radius 3 is 2.59 bits per heavy atom. The summed E-state index contributed by atoms with van der Waals surface area (Å²) >= 11 is 5.53. The first kappa shape index (κ1) is 18.4. The molecule has 0 aliphatic carbocycles. The van der Waals surface area contributed by atoms with Crippen LogP contribution in [-0.2, 0) is 4.74 Å². The molecule has 1 aromatic rings. The van der Waals surface area contributed by atoms with Crippen molar-refractivity contribution in [3.63, 3.8) is 0 Å². The molecular formula is C12H19ClFNO2. The van der Waals surface area contributed by atoms with E-state index in [-0.39, 0.29) is 31.3 Å². The summed E-state index contributed by atoms with van der Waals surface area (Å²) in [5.74, 6) is -1.07. The van der Waals surface area contributed by atoms with E-state index < -0.39 is 11.6 Å². The molecule has 1 heterocycles. The van der Waals surface area contributed by atoms with Crippen molar-refractivity contribution in [3.05, 3.63) is 28.8 Å². The first-order valence-corrected chi connectivity index (χ1v) is 5.37. The Labute approximate surface area is 107 Å². The van der Waals surface area contributed by atoms with Gasteiger partial charge in [0.25, 0.3) is 0 Å². The molecule has 0 bridgehead atoms. The van der Waals surface area contributed by atoms with Crippen molar-refractivity contribution >= 4 is 17.4 Å².